The van der Waals surface area contributed by atoms with Gasteiger partial charge in [-0.2, -0.15) is 0 Å². The van der Waals surface area contributed by atoms with Crippen molar-refractivity contribution in [1.29, 1.82) is 0 Å². The predicted octanol–water partition coefficient (Wildman–Crippen LogP) is 4.35. The molecule has 2 N–H and O–H groups in total. The monoisotopic (exact) mass is 380 g/mol. The minimum Gasteiger partial charge on any atom is -0.457 e. The minimum atomic E-state index is -0.350. The normalized spacial score (nSPS) is 16.7. The molecule has 2 aromatic carbocycles. The smallest absolute Gasteiger partial charge is 0.338 e. The van der Waals surface area contributed by atoms with Crippen LogP contribution < -0.4 is 10.6 Å². The largest absolute Gasteiger partial charge is 0.457 e. The molecule has 3 rings (SSSR count). The van der Waals surface area contributed by atoms with Crippen molar-refractivity contribution in [2.24, 2.45) is 0 Å². The molecule has 0 amide bonds. The highest BCUT2D eigenvalue weighted by molar-refractivity contribution is 7.80. The summed E-state index contributed by atoms with van der Waals surface area (Å²) >= 11 is 5.30. The van der Waals surface area contributed by atoms with Crippen molar-refractivity contribution in [2.45, 2.75) is 39.3 Å². The molecule has 2 aromatic rings. The van der Waals surface area contributed by atoms with Gasteiger partial charge < -0.3 is 15.4 Å². The van der Waals surface area contributed by atoms with E-state index in [0.29, 0.717) is 16.6 Å². The van der Waals surface area contributed by atoms with Gasteiger partial charge in [-0.3, -0.25) is 0 Å². The Hall–Kier alpha value is -2.66. The third-order valence-electron chi connectivity index (χ3n) is 4.64. The molecular weight excluding hydrogens is 356 g/mol. The molecule has 1 heterocycles. The number of thiocarbonyl (C=S) groups is 1. The second-order valence-corrected chi connectivity index (χ2v) is 7.36. The number of rotatable bonds is 5. The lowest BCUT2D eigenvalue weighted by molar-refractivity contribution is -0.140. The Kier molecular flexibility index (Phi) is 5.91. The van der Waals surface area contributed by atoms with Crippen molar-refractivity contribution in [3.63, 3.8) is 0 Å². The molecule has 1 atom stereocenters. The van der Waals surface area contributed by atoms with E-state index in [1.807, 2.05) is 49.4 Å². The van der Waals surface area contributed by atoms with Gasteiger partial charge in [-0.05, 0) is 41.7 Å². The average Bonchev–Trinajstić information content (AvgIpc) is 2.66. The van der Waals surface area contributed by atoms with E-state index in [1.165, 1.54) is 5.56 Å². The molecule has 1 aliphatic rings. The first kappa shape index (κ1) is 19.1. The molecule has 0 saturated heterocycles. The van der Waals surface area contributed by atoms with Crippen LogP contribution in [0.2, 0.25) is 0 Å². The number of carbonyl (C=O) groups is 1. The molecule has 0 bridgehead atoms. The summed E-state index contributed by atoms with van der Waals surface area (Å²) < 4.78 is 5.57. The first-order chi connectivity index (χ1) is 13.0. The molecule has 1 unspecified atom stereocenters. The third-order valence-corrected chi connectivity index (χ3v) is 4.86. The molecule has 0 saturated carbocycles. The molecule has 5 heteroatoms. The Morgan fingerprint density at radius 1 is 1.11 bits per heavy atom. The Bertz CT molecular complexity index is 858. The van der Waals surface area contributed by atoms with Crippen LogP contribution in [-0.2, 0) is 16.1 Å². The van der Waals surface area contributed by atoms with Crippen LogP contribution >= 0.6 is 12.2 Å². The molecular formula is C22H24N2O2S. The van der Waals surface area contributed by atoms with Gasteiger partial charge in [0.2, 0.25) is 0 Å². The van der Waals surface area contributed by atoms with Crippen LogP contribution in [0.1, 0.15) is 49.4 Å². The van der Waals surface area contributed by atoms with Crippen molar-refractivity contribution in [1.82, 2.24) is 10.6 Å². The maximum Gasteiger partial charge on any atom is 0.338 e. The van der Waals surface area contributed by atoms with E-state index in [9.17, 15) is 4.79 Å². The van der Waals surface area contributed by atoms with Gasteiger partial charge in [-0.1, -0.05) is 68.4 Å². The van der Waals surface area contributed by atoms with Crippen molar-refractivity contribution in [3.05, 3.63) is 82.6 Å². The molecule has 0 radical (unpaired) electrons. The number of benzene rings is 2. The average molecular weight is 381 g/mol. The number of carbonyl (C=O) groups excluding carboxylic acids is 1. The van der Waals surface area contributed by atoms with Crippen molar-refractivity contribution >= 4 is 23.3 Å². The second kappa shape index (κ2) is 8.35. The summed E-state index contributed by atoms with van der Waals surface area (Å²) in [6.45, 7) is 6.40. The van der Waals surface area contributed by atoms with Gasteiger partial charge >= 0.3 is 5.97 Å². The summed E-state index contributed by atoms with van der Waals surface area (Å²) in [6, 6.07) is 17.6. The zero-order valence-electron chi connectivity index (χ0n) is 15.8. The summed E-state index contributed by atoms with van der Waals surface area (Å²) in [7, 11) is 0. The molecule has 0 aromatic heterocycles. The molecule has 0 aliphatic carbocycles. The standard InChI is InChI=1S/C22H24N2O2S/c1-14(2)17-9-11-18(12-10-17)20-19(15(3)23-22(27)24-20)21(25)26-13-16-7-5-4-6-8-16/h4-12,14,20H,13H2,1-3H3,(H2,23,24,27). The van der Waals surface area contributed by atoms with Crippen molar-refractivity contribution in [2.75, 3.05) is 0 Å². The number of nitrogens with one attached hydrogen (secondary N) is 2. The number of ether oxygens (including phenoxy) is 1. The highest BCUT2D eigenvalue weighted by Crippen LogP contribution is 2.29. The molecule has 1 aliphatic heterocycles. The SMILES string of the molecule is CC1=C(C(=O)OCc2ccccc2)C(c2ccc(C(C)C)cc2)NC(=S)N1. The second-order valence-electron chi connectivity index (χ2n) is 6.95. The molecule has 0 spiro atoms. The van der Waals surface area contributed by atoms with Gasteiger partial charge in [0.15, 0.2) is 5.11 Å². The van der Waals surface area contributed by atoms with Gasteiger partial charge in [0, 0.05) is 5.70 Å². The quantitative estimate of drug-likeness (QED) is 0.597. The fourth-order valence-electron chi connectivity index (χ4n) is 3.09. The van der Waals surface area contributed by atoms with Crippen LogP contribution in [0.25, 0.3) is 0 Å². The fourth-order valence-corrected chi connectivity index (χ4v) is 3.36. The molecule has 27 heavy (non-hydrogen) atoms. The van der Waals surface area contributed by atoms with Gasteiger partial charge in [0.05, 0.1) is 11.6 Å². The van der Waals surface area contributed by atoms with Gasteiger partial charge in [0.1, 0.15) is 6.61 Å². The van der Waals surface area contributed by atoms with E-state index in [-0.39, 0.29) is 18.6 Å². The van der Waals surface area contributed by atoms with Crippen LogP contribution in [0.5, 0.6) is 0 Å². The van der Waals surface area contributed by atoms with E-state index < -0.39 is 0 Å². The Labute approximate surface area is 165 Å². The van der Waals surface area contributed by atoms with Gasteiger partial charge in [-0.25, -0.2) is 4.79 Å². The zero-order valence-corrected chi connectivity index (χ0v) is 16.6. The van der Waals surface area contributed by atoms with Gasteiger partial charge in [0.25, 0.3) is 0 Å². The molecule has 140 valence electrons. The summed E-state index contributed by atoms with van der Waals surface area (Å²) in [5.74, 6) is 0.102. The van der Waals surface area contributed by atoms with Gasteiger partial charge in [-0.15, -0.1) is 0 Å². The van der Waals surface area contributed by atoms with E-state index in [1.54, 1.807) is 0 Å². The molecule has 0 fully saturated rings. The maximum atomic E-state index is 12.8. The molecule has 4 nitrogen and oxygen atoms in total. The van der Waals surface area contributed by atoms with Crippen molar-refractivity contribution in [3.8, 4) is 0 Å². The van der Waals surface area contributed by atoms with Crippen LogP contribution in [0.3, 0.4) is 0 Å². The zero-order chi connectivity index (χ0) is 19.4. The maximum absolute atomic E-state index is 12.8. The van der Waals surface area contributed by atoms with E-state index >= 15 is 0 Å². The topological polar surface area (TPSA) is 50.4 Å². The minimum absolute atomic E-state index is 0.236. The van der Waals surface area contributed by atoms with E-state index in [0.717, 1.165) is 16.8 Å². The van der Waals surface area contributed by atoms with Crippen molar-refractivity contribution < 1.29 is 9.53 Å². The summed E-state index contributed by atoms with van der Waals surface area (Å²) in [4.78, 5) is 12.8. The Morgan fingerprint density at radius 2 is 1.78 bits per heavy atom. The fraction of sp³-hybridized carbons (Fsp3) is 0.273. The summed E-state index contributed by atoms with van der Waals surface area (Å²) in [5.41, 5.74) is 4.46. The van der Waals surface area contributed by atoms with Crippen LogP contribution in [0.4, 0.5) is 0 Å². The van der Waals surface area contributed by atoms with E-state index in [4.69, 9.17) is 17.0 Å². The van der Waals surface area contributed by atoms with Crippen LogP contribution in [0.15, 0.2) is 65.9 Å². The Balaban J connectivity index is 1.84. The predicted molar refractivity (Wildman–Crippen MR) is 111 cm³/mol. The lowest BCUT2D eigenvalue weighted by Gasteiger charge is -2.30. The highest BCUT2D eigenvalue weighted by Gasteiger charge is 2.31. The first-order valence-electron chi connectivity index (χ1n) is 9.05. The summed E-state index contributed by atoms with van der Waals surface area (Å²) in [6.07, 6.45) is 0. The first-order valence-corrected chi connectivity index (χ1v) is 9.45. The lowest BCUT2D eigenvalue weighted by Crippen LogP contribution is -2.45. The number of allylic oxidation sites excluding steroid dienone is 1. The van der Waals surface area contributed by atoms with E-state index in [2.05, 4.69) is 36.6 Å². The Morgan fingerprint density at radius 3 is 2.41 bits per heavy atom. The summed E-state index contributed by atoms with van der Waals surface area (Å²) in [5, 5.41) is 6.74. The third kappa shape index (κ3) is 4.55. The van der Waals surface area contributed by atoms with Crippen LogP contribution in [-0.4, -0.2) is 11.1 Å². The van der Waals surface area contributed by atoms with Crippen LogP contribution in [0, 0.1) is 0 Å². The highest BCUT2D eigenvalue weighted by atomic mass is 32.1. The number of hydrogen-bond acceptors (Lipinski definition) is 3. The number of hydrogen-bond donors (Lipinski definition) is 2. The lowest BCUT2D eigenvalue weighted by atomic mass is 9.93. The number of esters is 1.